The fourth-order valence-corrected chi connectivity index (χ4v) is 6.22. The maximum Gasteiger partial charge on any atom is 0.319 e. The van der Waals surface area contributed by atoms with E-state index in [0.717, 1.165) is 37.0 Å². The number of anilines is 1. The predicted molar refractivity (Wildman–Crippen MR) is 147 cm³/mol. The minimum Gasteiger partial charge on any atom is -0.458 e. The van der Waals surface area contributed by atoms with E-state index in [0.29, 0.717) is 31.3 Å². The molecule has 0 spiro atoms. The van der Waals surface area contributed by atoms with Gasteiger partial charge in [-0.2, -0.15) is 9.97 Å². The number of piperidine rings is 1. The van der Waals surface area contributed by atoms with Crippen molar-refractivity contribution in [2.24, 2.45) is 0 Å². The number of ether oxygens (including phenoxy) is 2. The zero-order chi connectivity index (χ0) is 27.6. The minimum atomic E-state index is -3.30. The van der Waals surface area contributed by atoms with Crippen LogP contribution in [0.3, 0.4) is 0 Å². The topological polar surface area (TPSA) is 143 Å². The Morgan fingerprint density at radius 1 is 1.23 bits per heavy atom. The number of amides is 1. The van der Waals surface area contributed by atoms with Crippen molar-refractivity contribution < 1.29 is 22.7 Å². The molecule has 2 atom stereocenters. The molecule has 5 heterocycles. The summed E-state index contributed by atoms with van der Waals surface area (Å²) in [4.78, 5) is 32.0. The van der Waals surface area contributed by atoms with E-state index in [1.165, 1.54) is 16.1 Å². The normalized spacial score (nSPS) is 19.9. The van der Waals surface area contributed by atoms with Crippen LogP contribution in [0.5, 0.6) is 6.01 Å². The minimum absolute atomic E-state index is 0.108. The zero-order valence-corrected chi connectivity index (χ0v) is 23.3. The van der Waals surface area contributed by atoms with Crippen LogP contribution in [0.1, 0.15) is 48.2 Å². The number of aromatic amines is 1. The molecule has 2 aliphatic rings. The summed E-state index contributed by atoms with van der Waals surface area (Å²) in [6.07, 6.45) is 7.11. The van der Waals surface area contributed by atoms with Gasteiger partial charge in [0.15, 0.2) is 0 Å². The lowest BCUT2D eigenvalue weighted by Gasteiger charge is -2.33. The lowest BCUT2D eigenvalue weighted by Crippen LogP contribution is -2.39. The third kappa shape index (κ3) is 6.31. The standard InChI is InChI=1S/C26H35N7O5S/c1-17(16-37-2)38-26-30-22(25(34)29-19-8-12-33(15-19)39(3,35)36)13-23(31-26)32-10-6-18(7-11-32)21-14-28-24-20(21)5-4-9-27-24/h4-5,9,13-14,17-19H,6-8,10-12,15-16H2,1-3H3,(H,27,28)(H,29,34)/t17?,19-/m1/s1. The number of aromatic nitrogens is 4. The molecule has 3 aromatic heterocycles. The second-order valence-corrected chi connectivity index (χ2v) is 12.2. The van der Waals surface area contributed by atoms with Gasteiger partial charge in [-0.15, -0.1) is 0 Å². The van der Waals surface area contributed by atoms with E-state index in [2.05, 4.69) is 42.4 Å². The first-order valence-electron chi connectivity index (χ1n) is 13.2. The molecule has 0 bridgehead atoms. The second kappa shape index (κ2) is 11.4. The van der Waals surface area contributed by atoms with E-state index >= 15 is 0 Å². The molecule has 39 heavy (non-hydrogen) atoms. The molecular weight excluding hydrogens is 522 g/mol. The summed E-state index contributed by atoms with van der Waals surface area (Å²) in [6, 6.07) is 5.56. The second-order valence-electron chi connectivity index (χ2n) is 10.3. The Balaban J connectivity index is 1.32. The summed E-state index contributed by atoms with van der Waals surface area (Å²) in [5.41, 5.74) is 2.36. The molecule has 12 nitrogen and oxygen atoms in total. The van der Waals surface area contributed by atoms with Gasteiger partial charge in [-0.05, 0) is 49.8 Å². The highest BCUT2D eigenvalue weighted by atomic mass is 32.2. The van der Waals surface area contributed by atoms with E-state index in [1.807, 2.05) is 13.0 Å². The number of fused-ring (bicyclic) bond motifs is 1. The quantitative estimate of drug-likeness (QED) is 0.403. The number of rotatable bonds is 9. The number of nitrogens with one attached hydrogen (secondary N) is 2. The Morgan fingerprint density at radius 3 is 2.74 bits per heavy atom. The van der Waals surface area contributed by atoms with Gasteiger partial charge in [0.2, 0.25) is 10.0 Å². The fraction of sp³-hybridized carbons (Fsp3) is 0.538. The van der Waals surface area contributed by atoms with Crippen LogP contribution < -0.4 is 15.0 Å². The molecule has 2 aliphatic heterocycles. The van der Waals surface area contributed by atoms with Crippen molar-refractivity contribution in [3.8, 4) is 6.01 Å². The van der Waals surface area contributed by atoms with Gasteiger partial charge in [-0.1, -0.05) is 0 Å². The fourth-order valence-electron chi connectivity index (χ4n) is 5.33. The molecule has 0 aliphatic carbocycles. The number of sulfonamides is 1. The highest BCUT2D eigenvalue weighted by Crippen LogP contribution is 2.34. The number of H-pyrrole nitrogens is 1. The Morgan fingerprint density at radius 2 is 2.03 bits per heavy atom. The monoisotopic (exact) mass is 557 g/mol. The smallest absolute Gasteiger partial charge is 0.319 e. The van der Waals surface area contributed by atoms with Gasteiger partial charge in [-0.3, -0.25) is 4.79 Å². The van der Waals surface area contributed by atoms with Gasteiger partial charge < -0.3 is 24.7 Å². The summed E-state index contributed by atoms with van der Waals surface area (Å²) < 4.78 is 36.2. The SMILES string of the molecule is COCC(C)Oc1nc(C(=O)N[C@@H]2CCN(S(C)(=O)=O)C2)cc(N2CCC(c3c[nH]c4ncccc34)CC2)n1. The predicted octanol–water partition coefficient (Wildman–Crippen LogP) is 1.91. The molecule has 1 unspecified atom stereocenters. The molecule has 2 saturated heterocycles. The number of hydrogen-bond acceptors (Lipinski definition) is 9. The maximum atomic E-state index is 13.2. The van der Waals surface area contributed by atoms with E-state index in [1.54, 1.807) is 19.4 Å². The molecule has 2 N–H and O–H groups in total. The van der Waals surface area contributed by atoms with Gasteiger partial charge in [0.1, 0.15) is 23.3 Å². The number of carbonyl (C=O) groups is 1. The van der Waals surface area contributed by atoms with Gasteiger partial charge in [0.05, 0.1) is 12.9 Å². The zero-order valence-electron chi connectivity index (χ0n) is 22.5. The molecule has 1 amide bonds. The summed E-state index contributed by atoms with van der Waals surface area (Å²) >= 11 is 0. The third-order valence-electron chi connectivity index (χ3n) is 7.33. The van der Waals surface area contributed by atoms with E-state index in [4.69, 9.17) is 9.47 Å². The van der Waals surface area contributed by atoms with Gasteiger partial charge in [0, 0.05) is 63.2 Å². The summed E-state index contributed by atoms with van der Waals surface area (Å²) in [6.45, 7) is 4.34. The van der Waals surface area contributed by atoms with Crippen LogP contribution in [0.2, 0.25) is 0 Å². The molecule has 5 rings (SSSR count). The van der Waals surface area contributed by atoms with Crippen molar-refractivity contribution in [3.63, 3.8) is 0 Å². The molecular formula is C26H35N7O5S. The number of nitrogens with zero attached hydrogens (tertiary/aromatic N) is 5. The molecule has 0 aromatic carbocycles. The molecule has 3 aromatic rings. The van der Waals surface area contributed by atoms with Gasteiger partial charge >= 0.3 is 6.01 Å². The highest BCUT2D eigenvalue weighted by molar-refractivity contribution is 7.88. The summed E-state index contributed by atoms with van der Waals surface area (Å²) in [5, 5.41) is 4.09. The van der Waals surface area contributed by atoms with Crippen molar-refractivity contribution in [3.05, 3.63) is 41.9 Å². The van der Waals surface area contributed by atoms with Crippen LogP contribution in [0.4, 0.5) is 5.82 Å². The van der Waals surface area contributed by atoms with Crippen molar-refractivity contribution in [2.45, 2.75) is 44.2 Å². The summed E-state index contributed by atoms with van der Waals surface area (Å²) in [5.74, 6) is 0.629. The van der Waals surface area contributed by atoms with Crippen LogP contribution >= 0.6 is 0 Å². The van der Waals surface area contributed by atoms with Crippen LogP contribution in [-0.2, 0) is 14.8 Å². The number of hydrogen-bond donors (Lipinski definition) is 2. The maximum absolute atomic E-state index is 13.2. The number of carbonyl (C=O) groups excluding carboxylic acids is 1. The molecule has 2 fully saturated rings. The van der Waals surface area contributed by atoms with Crippen LogP contribution in [0.15, 0.2) is 30.6 Å². The van der Waals surface area contributed by atoms with Crippen molar-refractivity contribution in [2.75, 3.05) is 51.1 Å². The Kier molecular flexibility index (Phi) is 8.01. The Bertz CT molecular complexity index is 1420. The average molecular weight is 558 g/mol. The van der Waals surface area contributed by atoms with Crippen LogP contribution in [0, 0.1) is 0 Å². The van der Waals surface area contributed by atoms with Crippen LogP contribution in [0.25, 0.3) is 11.0 Å². The largest absolute Gasteiger partial charge is 0.458 e. The van der Waals surface area contributed by atoms with Crippen molar-refractivity contribution in [1.82, 2.24) is 29.6 Å². The summed E-state index contributed by atoms with van der Waals surface area (Å²) in [7, 11) is -1.71. The lowest BCUT2D eigenvalue weighted by molar-refractivity contribution is 0.0841. The molecule has 0 radical (unpaired) electrons. The number of pyridine rings is 1. The molecule has 13 heteroatoms. The average Bonchev–Trinajstić information content (AvgIpc) is 3.56. The number of methoxy groups -OCH3 is 1. The molecule has 210 valence electrons. The molecule has 0 saturated carbocycles. The van der Waals surface area contributed by atoms with E-state index in [-0.39, 0.29) is 36.3 Å². The third-order valence-corrected chi connectivity index (χ3v) is 8.60. The van der Waals surface area contributed by atoms with Gasteiger partial charge in [0.25, 0.3) is 5.91 Å². The van der Waals surface area contributed by atoms with Gasteiger partial charge in [-0.25, -0.2) is 17.7 Å². The van der Waals surface area contributed by atoms with Crippen LogP contribution in [-0.4, -0.2) is 96.9 Å². The van der Waals surface area contributed by atoms with Crippen molar-refractivity contribution in [1.29, 1.82) is 0 Å². The van der Waals surface area contributed by atoms with Crippen molar-refractivity contribution >= 4 is 32.8 Å². The first-order chi connectivity index (χ1) is 18.7. The highest BCUT2D eigenvalue weighted by Gasteiger charge is 2.31. The Hall–Kier alpha value is -3.29. The lowest BCUT2D eigenvalue weighted by atomic mass is 9.89. The van der Waals surface area contributed by atoms with E-state index < -0.39 is 10.0 Å². The first kappa shape index (κ1) is 27.3. The van der Waals surface area contributed by atoms with E-state index in [9.17, 15) is 13.2 Å². The first-order valence-corrected chi connectivity index (χ1v) is 15.0. The Labute approximate surface area is 228 Å².